The molecule has 0 spiro atoms. The van der Waals surface area contributed by atoms with Crippen LogP contribution in [0.3, 0.4) is 0 Å². The van der Waals surface area contributed by atoms with Gasteiger partial charge in [-0.05, 0) is 24.1 Å². The van der Waals surface area contributed by atoms with Crippen LogP contribution in [0.25, 0.3) is 0 Å². The molecule has 142 valence electrons. The molecule has 0 bridgehead atoms. The molecule has 0 saturated carbocycles. The van der Waals surface area contributed by atoms with Gasteiger partial charge in [0.05, 0.1) is 12.7 Å². The molecular weight excluding hydrogens is 340 g/mol. The van der Waals surface area contributed by atoms with Gasteiger partial charge in [-0.15, -0.1) is 0 Å². The molecule has 26 heavy (non-hydrogen) atoms. The molecule has 0 aromatic heterocycles. The minimum atomic E-state index is 0.00675. The van der Waals surface area contributed by atoms with E-state index >= 15 is 0 Å². The normalized spacial score (nSPS) is 13.5. The maximum Gasteiger partial charge on any atom is 0.133 e. The standard InChI is InChI=1S/C23H32O2S/c1-3-4-5-6-13-18-22(25-19-20-14-9-7-10-15-20)23(24-2)26-21-16-11-8-12-17-21/h7-12,14-17,22-23H,3-6,13,18-19H2,1-2H3/t22-,23-/m0/s1. The monoisotopic (exact) mass is 372 g/mol. The van der Waals surface area contributed by atoms with Crippen LogP contribution in [0.5, 0.6) is 0 Å². The highest BCUT2D eigenvalue weighted by Crippen LogP contribution is 2.29. The van der Waals surface area contributed by atoms with E-state index in [0.29, 0.717) is 6.61 Å². The van der Waals surface area contributed by atoms with E-state index in [0.717, 1.165) is 6.42 Å². The first-order valence-electron chi connectivity index (χ1n) is 9.73. The van der Waals surface area contributed by atoms with Gasteiger partial charge < -0.3 is 9.47 Å². The van der Waals surface area contributed by atoms with Crippen LogP contribution < -0.4 is 0 Å². The summed E-state index contributed by atoms with van der Waals surface area (Å²) in [5.74, 6) is 0. The van der Waals surface area contributed by atoms with Crippen molar-refractivity contribution < 1.29 is 9.47 Å². The number of thioether (sulfide) groups is 1. The van der Waals surface area contributed by atoms with E-state index in [9.17, 15) is 0 Å². The number of hydrogen-bond acceptors (Lipinski definition) is 3. The van der Waals surface area contributed by atoms with Crippen molar-refractivity contribution in [2.24, 2.45) is 0 Å². The smallest absolute Gasteiger partial charge is 0.133 e. The Morgan fingerprint density at radius 3 is 2.15 bits per heavy atom. The fourth-order valence-corrected chi connectivity index (χ4v) is 3.98. The number of benzene rings is 2. The molecule has 0 aliphatic carbocycles. The van der Waals surface area contributed by atoms with Gasteiger partial charge in [0.1, 0.15) is 5.44 Å². The third-order valence-corrected chi connectivity index (χ3v) is 5.70. The number of methoxy groups -OCH3 is 1. The summed E-state index contributed by atoms with van der Waals surface area (Å²) in [5, 5.41) is 0. The first-order chi connectivity index (χ1) is 12.8. The van der Waals surface area contributed by atoms with Crippen LogP contribution in [-0.4, -0.2) is 18.6 Å². The van der Waals surface area contributed by atoms with Gasteiger partial charge in [-0.3, -0.25) is 0 Å². The summed E-state index contributed by atoms with van der Waals surface area (Å²) in [6.07, 6.45) is 7.49. The van der Waals surface area contributed by atoms with E-state index in [1.54, 1.807) is 18.9 Å². The average molecular weight is 373 g/mol. The van der Waals surface area contributed by atoms with Gasteiger partial charge in [-0.2, -0.15) is 0 Å². The lowest BCUT2D eigenvalue weighted by Crippen LogP contribution is -2.28. The van der Waals surface area contributed by atoms with Crippen molar-refractivity contribution in [1.82, 2.24) is 0 Å². The average Bonchev–Trinajstić information content (AvgIpc) is 2.70. The molecule has 0 saturated heterocycles. The molecule has 2 aromatic carbocycles. The lowest BCUT2D eigenvalue weighted by atomic mass is 10.1. The van der Waals surface area contributed by atoms with Crippen LogP contribution in [0, 0.1) is 0 Å². The van der Waals surface area contributed by atoms with Crippen molar-refractivity contribution in [2.75, 3.05) is 7.11 Å². The van der Waals surface area contributed by atoms with Gasteiger partial charge in [0.15, 0.2) is 0 Å². The Labute approximate surface area is 163 Å². The van der Waals surface area contributed by atoms with Gasteiger partial charge in [0, 0.05) is 12.0 Å². The maximum absolute atomic E-state index is 6.31. The number of hydrogen-bond donors (Lipinski definition) is 0. The molecule has 0 heterocycles. The zero-order chi connectivity index (χ0) is 18.5. The molecule has 2 nitrogen and oxygen atoms in total. The zero-order valence-electron chi connectivity index (χ0n) is 16.1. The molecule has 2 aromatic rings. The highest BCUT2D eigenvalue weighted by atomic mass is 32.2. The Balaban J connectivity index is 1.94. The van der Waals surface area contributed by atoms with Crippen molar-refractivity contribution in [3.63, 3.8) is 0 Å². The van der Waals surface area contributed by atoms with Crippen LogP contribution in [0.1, 0.15) is 51.0 Å². The second kappa shape index (κ2) is 13.0. The van der Waals surface area contributed by atoms with E-state index in [4.69, 9.17) is 9.47 Å². The Morgan fingerprint density at radius 1 is 0.846 bits per heavy atom. The first kappa shape index (κ1) is 21.0. The fourth-order valence-electron chi connectivity index (χ4n) is 2.93. The van der Waals surface area contributed by atoms with Crippen molar-refractivity contribution in [3.05, 3.63) is 66.2 Å². The van der Waals surface area contributed by atoms with Crippen LogP contribution in [0.4, 0.5) is 0 Å². The first-order valence-corrected chi connectivity index (χ1v) is 10.6. The fraction of sp³-hybridized carbons (Fsp3) is 0.478. The van der Waals surface area contributed by atoms with Gasteiger partial charge >= 0.3 is 0 Å². The van der Waals surface area contributed by atoms with Crippen molar-refractivity contribution >= 4 is 11.8 Å². The molecule has 0 fully saturated rings. The van der Waals surface area contributed by atoms with Gasteiger partial charge in [-0.25, -0.2) is 0 Å². The molecular formula is C23H32O2S. The minimum absolute atomic E-state index is 0.00675. The van der Waals surface area contributed by atoms with Gasteiger partial charge in [0.2, 0.25) is 0 Å². The minimum Gasteiger partial charge on any atom is -0.370 e. The topological polar surface area (TPSA) is 18.5 Å². The molecule has 0 unspecified atom stereocenters. The predicted octanol–water partition coefficient (Wildman–Crippen LogP) is 6.70. The maximum atomic E-state index is 6.31. The predicted molar refractivity (Wildman–Crippen MR) is 111 cm³/mol. The van der Waals surface area contributed by atoms with Crippen LogP contribution >= 0.6 is 11.8 Å². The Kier molecular flexibility index (Phi) is 10.5. The summed E-state index contributed by atoms with van der Waals surface area (Å²) in [5.41, 5.74) is 1.22. The quantitative estimate of drug-likeness (QED) is 0.221. The second-order valence-electron chi connectivity index (χ2n) is 6.57. The highest BCUT2D eigenvalue weighted by Gasteiger charge is 2.23. The van der Waals surface area contributed by atoms with Crippen LogP contribution in [0.15, 0.2) is 65.6 Å². The van der Waals surface area contributed by atoms with E-state index in [-0.39, 0.29) is 11.5 Å². The number of unbranched alkanes of at least 4 members (excludes halogenated alkanes) is 4. The number of rotatable bonds is 13. The summed E-state index contributed by atoms with van der Waals surface area (Å²) >= 11 is 1.75. The molecule has 0 aliphatic heterocycles. The Morgan fingerprint density at radius 2 is 1.50 bits per heavy atom. The van der Waals surface area contributed by atoms with Crippen LogP contribution in [0.2, 0.25) is 0 Å². The lowest BCUT2D eigenvalue weighted by molar-refractivity contribution is -0.0315. The summed E-state index contributed by atoms with van der Waals surface area (Å²) in [7, 11) is 1.79. The third kappa shape index (κ3) is 7.94. The van der Waals surface area contributed by atoms with Gasteiger partial charge in [-0.1, -0.05) is 99.3 Å². The Hall–Kier alpha value is -1.29. The molecule has 0 radical (unpaired) electrons. The third-order valence-electron chi connectivity index (χ3n) is 4.43. The summed E-state index contributed by atoms with van der Waals surface area (Å²) < 4.78 is 12.1. The van der Waals surface area contributed by atoms with Gasteiger partial charge in [0.25, 0.3) is 0 Å². The van der Waals surface area contributed by atoms with Crippen molar-refractivity contribution in [2.45, 2.75) is 68.5 Å². The van der Waals surface area contributed by atoms with E-state index in [1.807, 2.05) is 12.1 Å². The molecule has 3 heteroatoms. The lowest BCUT2D eigenvalue weighted by Gasteiger charge is -2.26. The van der Waals surface area contributed by atoms with Crippen molar-refractivity contribution in [1.29, 1.82) is 0 Å². The molecule has 2 rings (SSSR count). The zero-order valence-corrected chi connectivity index (χ0v) is 16.9. The number of ether oxygens (including phenoxy) is 2. The molecule has 2 atom stereocenters. The largest absolute Gasteiger partial charge is 0.370 e. The summed E-state index contributed by atoms with van der Waals surface area (Å²) in [6, 6.07) is 20.8. The SMILES string of the molecule is CCCCCCC[C@H](OCc1ccccc1)[C@@H](OC)Sc1ccccc1. The van der Waals surface area contributed by atoms with Crippen molar-refractivity contribution in [3.8, 4) is 0 Å². The molecule has 0 N–H and O–H groups in total. The summed E-state index contributed by atoms with van der Waals surface area (Å²) in [6.45, 7) is 2.89. The summed E-state index contributed by atoms with van der Waals surface area (Å²) in [4.78, 5) is 1.22. The molecule has 0 aliphatic rings. The second-order valence-corrected chi connectivity index (χ2v) is 7.74. The van der Waals surface area contributed by atoms with Crippen LogP contribution in [-0.2, 0) is 16.1 Å². The highest BCUT2D eigenvalue weighted by molar-refractivity contribution is 7.99. The van der Waals surface area contributed by atoms with E-state index in [1.165, 1.54) is 42.6 Å². The van der Waals surface area contributed by atoms with E-state index in [2.05, 4.69) is 55.5 Å². The Bertz CT molecular complexity index is 573. The molecule has 0 amide bonds. The van der Waals surface area contributed by atoms with E-state index < -0.39 is 0 Å².